The Bertz CT molecular complexity index is 668. The first-order chi connectivity index (χ1) is 9.02. The van der Waals surface area contributed by atoms with Crippen molar-refractivity contribution in [3.05, 3.63) is 53.3 Å². The third-order valence-corrected chi connectivity index (χ3v) is 2.74. The summed E-state index contributed by atoms with van der Waals surface area (Å²) < 4.78 is 13.5. The molecule has 19 heavy (non-hydrogen) atoms. The summed E-state index contributed by atoms with van der Waals surface area (Å²) in [5, 5.41) is 8.92. The van der Waals surface area contributed by atoms with Gasteiger partial charge in [-0.05, 0) is 35.9 Å². The Morgan fingerprint density at radius 1 is 1.21 bits per heavy atom. The highest BCUT2D eigenvalue weighted by Crippen LogP contribution is 2.28. The smallest absolute Gasteiger partial charge is 0.335 e. The van der Waals surface area contributed by atoms with E-state index in [1.54, 1.807) is 0 Å². The van der Waals surface area contributed by atoms with Crippen LogP contribution in [0, 0.1) is 5.82 Å². The molecule has 0 amide bonds. The number of hydrogen-bond acceptors (Lipinski definition) is 3. The van der Waals surface area contributed by atoms with E-state index in [-0.39, 0.29) is 11.1 Å². The van der Waals surface area contributed by atoms with E-state index < -0.39 is 11.8 Å². The number of rotatable bonds is 3. The maximum Gasteiger partial charge on any atom is 0.335 e. The Kier molecular flexibility index (Phi) is 3.29. The van der Waals surface area contributed by atoms with Crippen LogP contribution in [-0.4, -0.2) is 17.4 Å². The Balaban J connectivity index is 2.57. The Morgan fingerprint density at radius 2 is 1.95 bits per heavy atom. The van der Waals surface area contributed by atoms with Gasteiger partial charge >= 0.3 is 5.97 Å². The lowest BCUT2D eigenvalue weighted by molar-refractivity contribution is 0.0697. The third kappa shape index (κ3) is 2.44. The Morgan fingerprint density at radius 3 is 2.53 bits per heavy atom. The largest absolute Gasteiger partial charge is 0.478 e. The number of carboxylic acid groups (broad SMARTS) is 1. The van der Waals surface area contributed by atoms with Gasteiger partial charge in [0.2, 0.25) is 0 Å². The zero-order valence-corrected chi connectivity index (χ0v) is 9.76. The summed E-state index contributed by atoms with van der Waals surface area (Å²) in [6, 6.07) is 8.18. The highest BCUT2D eigenvalue weighted by atomic mass is 19.1. The Labute approximate surface area is 108 Å². The molecule has 0 saturated carbocycles. The van der Waals surface area contributed by atoms with Crippen LogP contribution < -0.4 is 5.73 Å². The second-order valence-electron chi connectivity index (χ2n) is 3.96. The highest BCUT2D eigenvalue weighted by molar-refractivity contribution is 5.92. The van der Waals surface area contributed by atoms with E-state index in [9.17, 15) is 14.0 Å². The van der Waals surface area contributed by atoms with Gasteiger partial charge in [-0.25, -0.2) is 9.18 Å². The molecule has 4 nitrogen and oxygen atoms in total. The molecule has 96 valence electrons. The first-order valence-corrected chi connectivity index (χ1v) is 5.41. The van der Waals surface area contributed by atoms with E-state index >= 15 is 0 Å². The molecule has 2 rings (SSSR count). The number of carboxylic acids is 1. The summed E-state index contributed by atoms with van der Waals surface area (Å²) in [4.78, 5) is 21.4. The number of hydrogen-bond donors (Lipinski definition) is 2. The molecule has 0 spiro atoms. The van der Waals surface area contributed by atoms with E-state index in [4.69, 9.17) is 10.8 Å². The van der Waals surface area contributed by atoms with E-state index in [1.165, 1.54) is 30.3 Å². The van der Waals surface area contributed by atoms with Crippen molar-refractivity contribution in [1.82, 2.24) is 0 Å². The molecular weight excluding hydrogens is 249 g/mol. The van der Waals surface area contributed by atoms with Gasteiger partial charge in [-0.1, -0.05) is 6.07 Å². The lowest BCUT2D eigenvalue weighted by atomic mass is 10.00. The lowest BCUT2D eigenvalue weighted by Crippen LogP contribution is -1.99. The summed E-state index contributed by atoms with van der Waals surface area (Å²) in [6.45, 7) is 0. The van der Waals surface area contributed by atoms with Crippen molar-refractivity contribution in [2.45, 2.75) is 0 Å². The molecule has 0 bridgehead atoms. The van der Waals surface area contributed by atoms with E-state index in [0.717, 1.165) is 6.07 Å². The molecule has 0 aliphatic rings. The third-order valence-electron chi connectivity index (χ3n) is 2.74. The molecule has 0 saturated heterocycles. The van der Waals surface area contributed by atoms with Crippen LogP contribution in [0.15, 0.2) is 36.4 Å². The predicted octanol–water partition coefficient (Wildman–Crippen LogP) is 2.59. The zero-order chi connectivity index (χ0) is 14.0. The zero-order valence-electron chi connectivity index (χ0n) is 9.76. The van der Waals surface area contributed by atoms with Crippen LogP contribution in [0.4, 0.5) is 10.1 Å². The predicted molar refractivity (Wildman–Crippen MR) is 68.6 cm³/mol. The van der Waals surface area contributed by atoms with Crippen molar-refractivity contribution in [2.75, 3.05) is 5.73 Å². The number of anilines is 1. The number of halogens is 1. The van der Waals surface area contributed by atoms with Crippen molar-refractivity contribution in [3.63, 3.8) is 0 Å². The van der Waals surface area contributed by atoms with Crippen LogP contribution in [0.25, 0.3) is 11.1 Å². The van der Waals surface area contributed by atoms with Crippen molar-refractivity contribution < 1.29 is 19.1 Å². The van der Waals surface area contributed by atoms with Crippen LogP contribution in [0.2, 0.25) is 0 Å². The minimum Gasteiger partial charge on any atom is -0.478 e. The molecular formula is C14H10FNO3. The normalized spacial score (nSPS) is 10.2. The standard InChI is InChI=1S/C14H10FNO3/c15-12-6-8(1-2-10(12)7-17)11-5-9(14(18)19)3-4-13(11)16/h1-7H,16H2,(H,18,19). The fourth-order valence-electron chi connectivity index (χ4n) is 1.73. The van der Waals surface area contributed by atoms with Gasteiger partial charge in [0.25, 0.3) is 0 Å². The summed E-state index contributed by atoms with van der Waals surface area (Å²) >= 11 is 0. The molecule has 0 heterocycles. The topological polar surface area (TPSA) is 80.4 Å². The van der Waals surface area contributed by atoms with Gasteiger partial charge < -0.3 is 10.8 Å². The van der Waals surface area contributed by atoms with Crippen molar-refractivity contribution >= 4 is 17.9 Å². The quantitative estimate of drug-likeness (QED) is 0.655. The van der Waals surface area contributed by atoms with Crippen LogP contribution >= 0.6 is 0 Å². The number of carbonyl (C=O) groups is 2. The van der Waals surface area contributed by atoms with E-state index in [2.05, 4.69) is 0 Å². The first kappa shape index (κ1) is 12.8. The Hall–Kier alpha value is -2.69. The monoisotopic (exact) mass is 259 g/mol. The first-order valence-electron chi connectivity index (χ1n) is 5.41. The number of benzene rings is 2. The van der Waals surface area contributed by atoms with Crippen molar-refractivity contribution in [1.29, 1.82) is 0 Å². The summed E-state index contributed by atoms with van der Waals surface area (Å²) in [5.74, 6) is -1.76. The summed E-state index contributed by atoms with van der Waals surface area (Å²) in [7, 11) is 0. The molecule has 5 heteroatoms. The van der Waals surface area contributed by atoms with Crippen LogP contribution in [-0.2, 0) is 0 Å². The number of nitrogens with two attached hydrogens (primary N) is 1. The van der Waals surface area contributed by atoms with Crippen molar-refractivity contribution in [3.8, 4) is 11.1 Å². The van der Waals surface area contributed by atoms with Gasteiger partial charge in [0.1, 0.15) is 5.82 Å². The van der Waals surface area contributed by atoms with Crippen molar-refractivity contribution in [2.24, 2.45) is 0 Å². The van der Waals surface area contributed by atoms with Gasteiger partial charge in [0, 0.05) is 11.3 Å². The van der Waals surface area contributed by atoms with Crippen LogP contribution in [0.1, 0.15) is 20.7 Å². The second-order valence-corrected chi connectivity index (χ2v) is 3.96. The van der Waals surface area contributed by atoms with Gasteiger partial charge in [0.05, 0.1) is 11.1 Å². The molecule has 0 atom stereocenters. The van der Waals surface area contributed by atoms with Gasteiger partial charge in [0.15, 0.2) is 6.29 Å². The van der Waals surface area contributed by atoms with Crippen LogP contribution in [0.5, 0.6) is 0 Å². The fourth-order valence-corrected chi connectivity index (χ4v) is 1.73. The lowest BCUT2D eigenvalue weighted by Gasteiger charge is -2.08. The number of nitrogen functional groups attached to an aromatic ring is 1. The number of aromatic carboxylic acids is 1. The average Bonchev–Trinajstić information content (AvgIpc) is 2.38. The molecule has 0 aliphatic heterocycles. The van der Waals surface area contributed by atoms with E-state index in [0.29, 0.717) is 23.1 Å². The molecule has 0 fully saturated rings. The minimum absolute atomic E-state index is 0.0586. The molecule has 0 unspecified atom stereocenters. The van der Waals surface area contributed by atoms with Gasteiger partial charge in [-0.15, -0.1) is 0 Å². The number of aldehydes is 1. The molecule has 0 aromatic heterocycles. The number of carbonyl (C=O) groups excluding carboxylic acids is 1. The average molecular weight is 259 g/mol. The van der Waals surface area contributed by atoms with Gasteiger partial charge in [-0.2, -0.15) is 0 Å². The maximum absolute atomic E-state index is 13.5. The second kappa shape index (κ2) is 4.89. The minimum atomic E-state index is -1.09. The maximum atomic E-state index is 13.5. The fraction of sp³-hybridized carbons (Fsp3) is 0. The van der Waals surface area contributed by atoms with E-state index in [1.807, 2.05) is 0 Å². The highest BCUT2D eigenvalue weighted by Gasteiger charge is 2.10. The summed E-state index contributed by atoms with van der Waals surface area (Å²) in [5.41, 5.74) is 6.93. The molecule has 0 aliphatic carbocycles. The van der Waals surface area contributed by atoms with Crippen LogP contribution in [0.3, 0.4) is 0 Å². The summed E-state index contributed by atoms with van der Waals surface area (Å²) in [6.07, 6.45) is 0.413. The molecule has 3 N–H and O–H groups in total. The molecule has 2 aromatic rings. The molecule has 0 radical (unpaired) electrons. The SMILES string of the molecule is Nc1ccc(C(=O)O)cc1-c1ccc(C=O)c(F)c1. The molecule has 2 aromatic carbocycles. The van der Waals surface area contributed by atoms with Gasteiger partial charge in [-0.3, -0.25) is 4.79 Å².